The number of carbonyl (C=O) groups excluding carboxylic acids is 1. The van der Waals surface area contributed by atoms with Gasteiger partial charge in [-0.2, -0.15) is 0 Å². The third-order valence-electron chi connectivity index (χ3n) is 4.23. The SMILES string of the molecule is Cc1oc2ccc(COc3ccccc3F)cc2c1C(=O)NC(C)(C)CO. The van der Waals surface area contributed by atoms with Crippen molar-refractivity contribution in [1.82, 2.24) is 5.32 Å². The first-order chi connectivity index (χ1) is 12.8. The second-order valence-corrected chi connectivity index (χ2v) is 7.08. The molecular formula is C21H22FNO4. The molecule has 3 rings (SSSR count). The maximum absolute atomic E-state index is 13.7. The van der Waals surface area contributed by atoms with Gasteiger partial charge >= 0.3 is 0 Å². The normalized spacial score (nSPS) is 11.6. The van der Waals surface area contributed by atoms with E-state index in [-0.39, 0.29) is 24.9 Å². The van der Waals surface area contributed by atoms with Crippen molar-refractivity contribution in [1.29, 1.82) is 0 Å². The number of aliphatic hydroxyl groups excluding tert-OH is 1. The van der Waals surface area contributed by atoms with Crippen LogP contribution >= 0.6 is 0 Å². The van der Waals surface area contributed by atoms with E-state index in [1.807, 2.05) is 6.07 Å². The Balaban J connectivity index is 1.88. The number of fused-ring (bicyclic) bond motifs is 1. The van der Waals surface area contributed by atoms with Gasteiger partial charge < -0.3 is 19.6 Å². The first-order valence-electron chi connectivity index (χ1n) is 8.63. The Morgan fingerprint density at radius 1 is 1.26 bits per heavy atom. The van der Waals surface area contributed by atoms with Crippen molar-refractivity contribution in [3.63, 3.8) is 0 Å². The highest BCUT2D eigenvalue weighted by atomic mass is 19.1. The van der Waals surface area contributed by atoms with E-state index in [9.17, 15) is 14.3 Å². The van der Waals surface area contributed by atoms with Crippen molar-refractivity contribution in [2.45, 2.75) is 32.9 Å². The lowest BCUT2D eigenvalue weighted by atomic mass is 10.0. The molecule has 0 saturated carbocycles. The fourth-order valence-electron chi connectivity index (χ4n) is 2.77. The van der Waals surface area contributed by atoms with Crippen molar-refractivity contribution >= 4 is 16.9 Å². The van der Waals surface area contributed by atoms with Crippen molar-refractivity contribution in [3.8, 4) is 5.75 Å². The number of benzene rings is 2. The maximum Gasteiger partial charge on any atom is 0.255 e. The molecule has 0 atom stereocenters. The first-order valence-corrected chi connectivity index (χ1v) is 8.63. The van der Waals surface area contributed by atoms with Gasteiger partial charge in [0.25, 0.3) is 5.91 Å². The van der Waals surface area contributed by atoms with Gasteiger partial charge in [0, 0.05) is 5.39 Å². The number of rotatable bonds is 6. The van der Waals surface area contributed by atoms with Crippen LogP contribution in [0.2, 0.25) is 0 Å². The van der Waals surface area contributed by atoms with E-state index in [0.717, 1.165) is 5.56 Å². The van der Waals surface area contributed by atoms with Gasteiger partial charge in [0.15, 0.2) is 11.6 Å². The first kappa shape index (κ1) is 18.9. The number of carbonyl (C=O) groups is 1. The lowest BCUT2D eigenvalue weighted by molar-refractivity contribution is 0.0869. The zero-order chi connectivity index (χ0) is 19.6. The Kier molecular flexibility index (Phi) is 5.19. The highest BCUT2D eigenvalue weighted by molar-refractivity contribution is 6.07. The fourth-order valence-corrected chi connectivity index (χ4v) is 2.77. The molecule has 0 radical (unpaired) electrons. The van der Waals surface area contributed by atoms with E-state index in [0.29, 0.717) is 22.3 Å². The van der Waals surface area contributed by atoms with Gasteiger partial charge in [-0.3, -0.25) is 4.79 Å². The molecule has 3 aromatic rings. The molecule has 1 aromatic heterocycles. The molecule has 2 aromatic carbocycles. The van der Waals surface area contributed by atoms with Crippen LogP contribution in [0.15, 0.2) is 46.9 Å². The molecule has 0 aliphatic heterocycles. The minimum absolute atomic E-state index is 0.157. The van der Waals surface area contributed by atoms with Gasteiger partial charge in [-0.05, 0) is 50.6 Å². The molecule has 0 bridgehead atoms. The Labute approximate surface area is 156 Å². The van der Waals surface area contributed by atoms with Crippen molar-refractivity contribution < 1.29 is 23.4 Å². The molecule has 0 saturated heterocycles. The molecule has 5 nitrogen and oxygen atoms in total. The van der Waals surface area contributed by atoms with E-state index < -0.39 is 11.4 Å². The molecule has 0 unspecified atom stereocenters. The largest absolute Gasteiger partial charge is 0.486 e. The molecule has 2 N–H and O–H groups in total. The lowest BCUT2D eigenvalue weighted by Crippen LogP contribution is -2.46. The van der Waals surface area contributed by atoms with E-state index in [1.165, 1.54) is 6.07 Å². The summed E-state index contributed by atoms with van der Waals surface area (Å²) in [5.41, 5.74) is 1.02. The molecule has 1 amide bonds. The van der Waals surface area contributed by atoms with Crippen LogP contribution in [0.3, 0.4) is 0 Å². The summed E-state index contributed by atoms with van der Waals surface area (Å²) in [5.74, 6) is -0.0893. The molecule has 0 spiro atoms. The average Bonchev–Trinajstić information content (AvgIpc) is 2.95. The van der Waals surface area contributed by atoms with Crippen LogP contribution in [0.5, 0.6) is 5.75 Å². The predicted molar refractivity (Wildman–Crippen MR) is 100 cm³/mol. The molecule has 0 aliphatic rings. The summed E-state index contributed by atoms with van der Waals surface area (Å²) in [6.07, 6.45) is 0. The van der Waals surface area contributed by atoms with Gasteiger partial charge in [0.2, 0.25) is 0 Å². The van der Waals surface area contributed by atoms with Crippen LogP contribution in [0.4, 0.5) is 4.39 Å². The van der Waals surface area contributed by atoms with E-state index in [4.69, 9.17) is 9.15 Å². The lowest BCUT2D eigenvalue weighted by Gasteiger charge is -2.23. The Morgan fingerprint density at radius 2 is 2.00 bits per heavy atom. The molecule has 142 valence electrons. The number of para-hydroxylation sites is 1. The van der Waals surface area contributed by atoms with E-state index in [1.54, 1.807) is 51.1 Å². The van der Waals surface area contributed by atoms with Crippen LogP contribution in [0, 0.1) is 12.7 Å². The highest BCUT2D eigenvalue weighted by Crippen LogP contribution is 2.28. The van der Waals surface area contributed by atoms with Crippen molar-refractivity contribution in [3.05, 3.63) is 65.2 Å². The number of hydrogen-bond donors (Lipinski definition) is 2. The van der Waals surface area contributed by atoms with Crippen LogP contribution in [-0.4, -0.2) is 23.2 Å². The summed E-state index contributed by atoms with van der Waals surface area (Å²) >= 11 is 0. The number of aliphatic hydroxyl groups is 1. The quantitative estimate of drug-likeness (QED) is 0.688. The van der Waals surface area contributed by atoms with Gasteiger partial charge in [-0.15, -0.1) is 0 Å². The smallest absolute Gasteiger partial charge is 0.255 e. The number of halogens is 1. The molecule has 6 heteroatoms. The van der Waals surface area contributed by atoms with Crippen molar-refractivity contribution in [2.24, 2.45) is 0 Å². The zero-order valence-corrected chi connectivity index (χ0v) is 15.5. The number of amides is 1. The van der Waals surface area contributed by atoms with E-state index >= 15 is 0 Å². The number of ether oxygens (including phenoxy) is 1. The second kappa shape index (κ2) is 7.40. The van der Waals surface area contributed by atoms with Crippen LogP contribution < -0.4 is 10.1 Å². The number of nitrogens with one attached hydrogen (secondary N) is 1. The molecule has 0 aliphatic carbocycles. The molecule has 1 heterocycles. The summed E-state index contributed by atoms with van der Waals surface area (Å²) in [5, 5.41) is 12.8. The third-order valence-corrected chi connectivity index (χ3v) is 4.23. The average molecular weight is 371 g/mol. The maximum atomic E-state index is 13.7. The minimum Gasteiger partial charge on any atom is -0.486 e. The van der Waals surface area contributed by atoms with Crippen LogP contribution in [0.1, 0.15) is 35.5 Å². The summed E-state index contributed by atoms with van der Waals surface area (Å²) < 4.78 is 24.9. The second-order valence-electron chi connectivity index (χ2n) is 7.08. The Bertz CT molecular complexity index is 977. The summed E-state index contributed by atoms with van der Waals surface area (Å²) in [7, 11) is 0. The summed E-state index contributed by atoms with van der Waals surface area (Å²) in [4.78, 5) is 12.7. The predicted octanol–water partition coefficient (Wildman–Crippen LogP) is 3.96. The summed E-state index contributed by atoms with van der Waals surface area (Å²) in [6.45, 7) is 5.16. The Hall–Kier alpha value is -2.86. The van der Waals surface area contributed by atoms with Gasteiger partial charge in [-0.1, -0.05) is 18.2 Å². The molecule has 0 fully saturated rings. The highest BCUT2D eigenvalue weighted by Gasteiger charge is 2.24. The summed E-state index contributed by atoms with van der Waals surface area (Å²) in [6, 6.07) is 11.6. The fraction of sp³-hybridized carbons (Fsp3) is 0.286. The third kappa shape index (κ3) is 4.11. The van der Waals surface area contributed by atoms with E-state index in [2.05, 4.69) is 5.32 Å². The molecular weight excluding hydrogens is 349 g/mol. The van der Waals surface area contributed by atoms with Gasteiger partial charge in [0.1, 0.15) is 18.0 Å². The van der Waals surface area contributed by atoms with Crippen LogP contribution in [-0.2, 0) is 6.61 Å². The van der Waals surface area contributed by atoms with Gasteiger partial charge in [-0.25, -0.2) is 4.39 Å². The molecule has 27 heavy (non-hydrogen) atoms. The Morgan fingerprint density at radius 3 is 2.70 bits per heavy atom. The minimum atomic E-state index is -0.751. The number of aryl methyl sites for hydroxylation is 1. The van der Waals surface area contributed by atoms with Crippen molar-refractivity contribution in [2.75, 3.05) is 6.61 Å². The van der Waals surface area contributed by atoms with Gasteiger partial charge in [0.05, 0.1) is 17.7 Å². The monoisotopic (exact) mass is 371 g/mol. The van der Waals surface area contributed by atoms with Crippen LogP contribution in [0.25, 0.3) is 11.0 Å². The zero-order valence-electron chi connectivity index (χ0n) is 15.5. The topological polar surface area (TPSA) is 71.7 Å². The number of furan rings is 1. The standard InChI is InChI=1S/C21H22FNO4/c1-13-19(20(25)23-21(2,3)12-24)15-10-14(8-9-17(15)27-13)11-26-18-7-5-4-6-16(18)22/h4-10,24H,11-12H2,1-3H3,(H,23,25). The number of hydrogen-bond acceptors (Lipinski definition) is 4.